The number of amides is 2. The fraction of sp³-hybridized carbons (Fsp3) is 0.391. The monoisotopic (exact) mass is 468 g/mol. The molecule has 1 fully saturated rings. The number of alkyl halides is 3. The van der Waals surface area contributed by atoms with Crippen LogP contribution in [-0.4, -0.2) is 33.9 Å². The van der Waals surface area contributed by atoms with Gasteiger partial charge in [-0.1, -0.05) is 38.1 Å². The van der Waals surface area contributed by atoms with E-state index in [-0.39, 0.29) is 23.4 Å². The number of carbonyl (C=O) groups excluding carboxylic acids is 2. The highest BCUT2D eigenvalue weighted by Gasteiger charge is 2.42. The van der Waals surface area contributed by atoms with Gasteiger partial charge < -0.3 is 10.2 Å². The molecule has 1 aliphatic rings. The van der Waals surface area contributed by atoms with Crippen molar-refractivity contribution in [3.8, 4) is 0 Å². The summed E-state index contributed by atoms with van der Waals surface area (Å²) < 4.78 is 53.1. The average molecular weight is 469 g/mol. The zero-order valence-corrected chi connectivity index (χ0v) is 18.5. The van der Waals surface area contributed by atoms with Gasteiger partial charge in [0.2, 0.25) is 5.91 Å². The summed E-state index contributed by atoms with van der Waals surface area (Å²) in [4.78, 5) is 27.5. The second kappa shape index (κ2) is 9.94. The number of nitrogens with zero attached hydrogens (tertiary/aromatic N) is 1. The molecule has 0 saturated carbocycles. The van der Waals surface area contributed by atoms with E-state index in [4.69, 9.17) is 0 Å². The van der Waals surface area contributed by atoms with Crippen LogP contribution in [-0.2, 0) is 17.5 Å². The Morgan fingerprint density at radius 1 is 1.16 bits per heavy atom. The number of rotatable bonds is 6. The predicted molar refractivity (Wildman–Crippen MR) is 115 cm³/mol. The minimum absolute atomic E-state index is 0.111. The van der Waals surface area contributed by atoms with Crippen molar-refractivity contribution in [3.05, 3.63) is 71.0 Å². The third-order valence-electron chi connectivity index (χ3n) is 5.13. The lowest BCUT2D eigenvalue weighted by Crippen LogP contribution is -2.50. The van der Waals surface area contributed by atoms with E-state index in [0.29, 0.717) is 17.7 Å². The molecule has 2 amide bonds. The van der Waals surface area contributed by atoms with Crippen LogP contribution in [0.2, 0.25) is 0 Å². The molecule has 0 bridgehead atoms. The Morgan fingerprint density at radius 3 is 2.53 bits per heavy atom. The molecule has 2 unspecified atom stereocenters. The molecule has 0 aliphatic carbocycles. The minimum Gasteiger partial charge on any atom is -0.350 e. The molecular weight excluding hydrogens is 444 g/mol. The molecule has 1 aliphatic heterocycles. The number of benzene rings is 2. The highest BCUT2D eigenvalue weighted by atomic mass is 32.2. The molecule has 0 aromatic heterocycles. The zero-order valence-electron chi connectivity index (χ0n) is 17.7. The molecule has 2 aromatic rings. The number of carbonyl (C=O) groups is 2. The summed E-state index contributed by atoms with van der Waals surface area (Å²) in [6.07, 6.45) is -3.85. The van der Waals surface area contributed by atoms with Crippen LogP contribution < -0.4 is 5.32 Å². The maximum Gasteiger partial charge on any atom is 0.416 e. The standard InChI is InChI=1S/C23H24F4N2O2S/c1-14(2)10-20-29(22(31)17-8-3-4-9-18(17)24)19(13-32-20)21(30)28-12-15-6-5-7-16(11-15)23(25,26)27/h3-9,11,14,19-20H,10,12-13H2,1-2H3,(H,28,30). The smallest absolute Gasteiger partial charge is 0.350 e. The number of hydrogen-bond acceptors (Lipinski definition) is 3. The molecular formula is C23H24F4N2O2S. The van der Waals surface area contributed by atoms with Gasteiger partial charge in [-0.2, -0.15) is 13.2 Å². The summed E-state index contributed by atoms with van der Waals surface area (Å²) in [6, 6.07) is 9.47. The van der Waals surface area contributed by atoms with E-state index >= 15 is 0 Å². The minimum atomic E-state index is -4.48. The SMILES string of the molecule is CC(C)CC1SCC(C(=O)NCc2cccc(C(F)(F)F)c2)N1C(=O)c1ccccc1F. The van der Waals surface area contributed by atoms with Crippen molar-refractivity contribution >= 4 is 23.6 Å². The summed E-state index contributed by atoms with van der Waals surface area (Å²) in [7, 11) is 0. The lowest BCUT2D eigenvalue weighted by atomic mass is 10.1. The van der Waals surface area contributed by atoms with Crippen LogP contribution in [0.3, 0.4) is 0 Å². The largest absolute Gasteiger partial charge is 0.416 e. The fourth-order valence-corrected chi connectivity index (χ4v) is 5.20. The first kappa shape index (κ1) is 24.1. The van der Waals surface area contributed by atoms with E-state index in [1.807, 2.05) is 13.8 Å². The topological polar surface area (TPSA) is 49.4 Å². The molecule has 1 N–H and O–H groups in total. The molecule has 172 valence electrons. The van der Waals surface area contributed by atoms with Crippen molar-refractivity contribution < 1.29 is 27.2 Å². The average Bonchev–Trinajstić information content (AvgIpc) is 3.14. The quantitative estimate of drug-likeness (QED) is 0.601. The third kappa shape index (κ3) is 5.62. The Hall–Kier alpha value is -2.55. The van der Waals surface area contributed by atoms with Gasteiger partial charge in [0.05, 0.1) is 16.5 Å². The van der Waals surface area contributed by atoms with E-state index in [1.165, 1.54) is 47.0 Å². The van der Waals surface area contributed by atoms with Gasteiger partial charge in [0.1, 0.15) is 11.9 Å². The van der Waals surface area contributed by atoms with Crippen molar-refractivity contribution in [2.45, 2.75) is 44.4 Å². The number of thioether (sulfide) groups is 1. The van der Waals surface area contributed by atoms with Crippen molar-refractivity contribution in [1.82, 2.24) is 10.2 Å². The van der Waals surface area contributed by atoms with E-state index in [2.05, 4.69) is 5.32 Å². The zero-order chi connectivity index (χ0) is 23.5. The summed E-state index contributed by atoms with van der Waals surface area (Å²) in [5.74, 6) is -1.15. The van der Waals surface area contributed by atoms with Gasteiger partial charge in [0.15, 0.2) is 0 Å². The van der Waals surface area contributed by atoms with Crippen LogP contribution in [0.5, 0.6) is 0 Å². The Bertz CT molecular complexity index is 980. The van der Waals surface area contributed by atoms with Crippen LogP contribution >= 0.6 is 11.8 Å². The Balaban J connectivity index is 1.78. The maximum atomic E-state index is 14.3. The summed E-state index contributed by atoms with van der Waals surface area (Å²) >= 11 is 1.44. The third-order valence-corrected chi connectivity index (χ3v) is 6.44. The molecule has 0 spiro atoms. The Labute approximate surface area is 188 Å². The van der Waals surface area contributed by atoms with Crippen molar-refractivity contribution in [3.63, 3.8) is 0 Å². The maximum absolute atomic E-state index is 14.3. The Kier molecular flexibility index (Phi) is 7.48. The molecule has 4 nitrogen and oxygen atoms in total. The van der Waals surface area contributed by atoms with Crippen LogP contribution in [0.4, 0.5) is 17.6 Å². The van der Waals surface area contributed by atoms with Gasteiger partial charge >= 0.3 is 6.18 Å². The van der Waals surface area contributed by atoms with Gasteiger partial charge in [-0.15, -0.1) is 11.8 Å². The van der Waals surface area contributed by atoms with Crippen molar-refractivity contribution in [2.24, 2.45) is 5.92 Å². The van der Waals surface area contributed by atoms with Crippen LogP contribution in [0.25, 0.3) is 0 Å². The van der Waals surface area contributed by atoms with Gasteiger partial charge in [0.25, 0.3) is 5.91 Å². The molecule has 2 atom stereocenters. The molecule has 0 radical (unpaired) electrons. The highest BCUT2D eigenvalue weighted by Crippen LogP contribution is 2.35. The summed E-state index contributed by atoms with van der Waals surface area (Å²) in [6.45, 7) is 3.88. The van der Waals surface area contributed by atoms with E-state index in [0.717, 1.165) is 12.1 Å². The van der Waals surface area contributed by atoms with Crippen molar-refractivity contribution in [1.29, 1.82) is 0 Å². The normalized spacial score (nSPS) is 18.8. The Morgan fingerprint density at radius 2 is 1.88 bits per heavy atom. The molecule has 1 saturated heterocycles. The second-order valence-electron chi connectivity index (χ2n) is 8.04. The first-order valence-electron chi connectivity index (χ1n) is 10.2. The van der Waals surface area contributed by atoms with Gasteiger partial charge in [-0.3, -0.25) is 9.59 Å². The number of hydrogen-bond donors (Lipinski definition) is 1. The van der Waals surface area contributed by atoms with Crippen molar-refractivity contribution in [2.75, 3.05) is 5.75 Å². The van der Waals surface area contributed by atoms with Gasteiger partial charge in [0, 0.05) is 12.3 Å². The van der Waals surface area contributed by atoms with Crippen LogP contribution in [0.1, 0.15) is 41.8 Å². The van der Waals surface area contributed by atoms with Crippen LogP contribution in [0.15, 0.2) is 48.5 Å². The molecule has 9 heteroatoms. The fourth-order valence-electron chi connectivity index (χ4n) is 3.56. The predicted octanol–water partition coefficient (Wildman–Crippen LogP) is 5.09. The van der Waals surface area contributed by atoms with Gasteiger partial charge in [-0.05, 0) is 42.2 Å². The number of halogens is 4. The lowest BCUT2D eigenvalue weighted by Gasteiger charge is -2.30. The van der Waals surface area contributed by atoms with E-state index < -0.39 is 35.4 Å². The second-order valence-corrected chi connectivity index (χ2v) is 9.25. The molecule has 3 rings (SSSR count). The molecule has 32 heavy (non-hydrogen) atoms. The lowest BCUT2D eigenvalue weighted by molar-refractivity contribution is -0.137. The summed E-state index contributed by atoms with van der Waals surface area (Å²) in [5, 5.41) is 2.34. The molecule has 2 aromatic carbocycles. The summed E-state index contributed by atoms with van der Waals surface area (Å²) in [5.41, 5.74) is -0.613. The van der Waals surface area contributed by atoms with Crippen LogP contribution in [0, 0.1) is 11.7 Å². The first-order valence-corrected chi connectivity index (χ1v) is 11.3. The number of nitrogens with one attached hydrogen (secondary N) is 1. The highest BCUT2D eigenvalue weighted by molar-refractivity contribution is 8.00. The first-order chi connectivity index (χ1) is 15.1. The van der Waals surface area contributed by atoms with Gasteiger partial charge in [-0.25, -0.2) is 4.39 Å². The van der Waals surface area contributed by atoms with E-state index in [1.54, 1.807) is 6.07 Å². The van der Waals surface area contributed by atoms with E-state index in [9.17, 15) is 27.2 Å². The molecule has 1 heterocycles.